The number of benzene rings is 2. The Morgan fingerprint density at radius 1 is 1.29 bits per heavy atom. The first-order valence-electron chi connectivity index (χ1n) is 8.56. The van der Waals surface area contributed by atoms with Crippen LogP contribution in [0.3, 0.4) is 0 Å². The van der Waals surface area contributed by atoms with E-state index in [1.807, 2.05) is 0 Å². The zero-order valence-corrected chi connectivity index (χ0v) is 16.8. The minimum atomic E-state index is -0.775. The van der Waals surface area contributed by atoms with E-state index in [1.54, 1.807) is 6.07 Å². The Hall–Kier alpha value is -1.80. The number of rotatable bonds is 4. The fourth-order valence-corrected chi connectivity index (χ4v) is 4.49. The van der Waals surface area contributed by atoms with E-state index in [9.17, 15) is 13.6 Å². The number of nitrogens with zero attached hydrogens (tertiary/aromatic N) is 2. The van der Waals surface area contributed by atoms with Crippen LogP contribution in [0.15, 0.2) is 30.3 Å². The van der Waals surface area contributed by atoms with Gasteiger partial charge in [0.1, 0.15) is 11.3 Å². The molecular formula is C19H14Cl2F2N2O2S. The van der Waals surface area contributed by atoms with Crippen molar-refractivity contribution >= 4 is 55.8 Å². The van der Waals surface area contributed by atoms with Crippen LogP contribution in [-0.4, -0.2) is 30.1 Å². The molecule has 0 radical (unpaired) electrons. The molecular weight excluding hydrogens is 429 g/mol. The van der Waals surface area contributed by atoms with Crippen LogP contribution in [0.4, 0.5) is 13.9 Å². The molecule has 1 atom stereocenters. The van der Waals surface area contributed by atoms with Gasteiger partial charge in [0.25, 0.3) is 5.91 Å². The van der Waals surface area contributed by atoms with Gasteiger partial charge in [-0.05, 0) is 37.1 Å². The average molecular weight is 443 g/mol. The second-order valence-corrected chi connectivity index (χ2v) is 8.26. The summed E-state index contributed by atoms with van der Waals surface area (Å²) in [6.45, 7) is 0.843. The molecule has 9 heteroatoms. The summed E-state index contributed by atoms with van der Waals surface area (Å²) in [4.78, 5) is 18.9. The van der Waals surface area contributed by atoms with Gasteiger partial charge in [-0.25, -0.2) is 13.8 Å². The van der Waals surface area contributed by atoms with E-state index in [4.69, 9.17) is 27.9 Å². The maximum atomic E-state index is 14.1. The van der Waals surface area contributed by atoms with E-state index in [1.165, 1.54) is 23.1 Å². The van der Waals surface area contributed by atoms with Crippen molar-refractivity contribution in [3.05, 3.63) is 57.6 Å². The van der Waals surface area contributed by atoms with Crippen molar-refractivity contribution in [2.45, 2.75) is 18.9 Å². The average Bonchev–Trinajstić information content (AvgIpc) is 3.30. The van der Waals surface area contributed by atoms with Gasteiger partial charge in [-0.1, -0.05) is 34.5 Å². The van der Waals surface area contributed by atoms with Crippen molar-refractivity contribution in [3.8, 4) is 0 Å². The fraction of sp³-hybridized carbons (Fsp3) is 0.263. The van der Waals surface area contributed by atoms with Gasteiger partial charge in [-0.15, -0.1) is 0 Å². The summed E-state index contributed by atoms with van der Waals surface area (Å²) < 4.78 is 33.6. The number of thiazole rings is 1. The molecule has 4 nitrogen and oxygen atoms in total. The van der Waals surface area contributed by atoms with Gasteiger partial charge in [-0.2, -0.15) is 0 Å². The number of ether oxygens (including phenoxy) is 1. The van der Waals surface area contributed by atoms with Gasteiger partial charge in [0.15, 0.2) is 10.9 Å². The summed E-state index contributed by atoms with van der Waals surface area (Å²) in [5.41, 5.74) is 0.224. The van der Waals surface area contributed by atoms with E-state index in [0.717, 1.165) is 30.2 Å². The van der Waals surface area contributed by atoms with Crippen LogP contribution < -0.4 is 4.90 Å². The number of carbonyl (C=O) groups is 1. The third kappa shape index (κ3) is 3.85. The molecule has 1 unspecified atom stereocenters. The topological polar surface area (TPSA) is 42.4 Å². The summed E-state index contributed by atoms with van der Waals surface area (Å²) in [5.74, 6) is -1.90. The van der Waals surface area contributed by atoms with Crippen molar-refractivity contribution in [2.24, 2.45) is 0 Å². The molecule has 146 valence electrons. The first kappa shape index (κ1) is 19.5. The number of carbonyl (C=O) groups excluding carboxylic acids is 1. The Bertz CT molecular complexity index is 1050. The van der Waals surface area contributed by atoms with E-state index in [2.05, 4.69) is 4.98 Å². The normalized spacial score (nSPS) is 16.6. The molecule has 1 aliphatic rings. The molecule has 1 fully saturated rings. The van der Waals surface area contributed by atoms with Gasteiger partial charge in [0.2, 0.25) is 0 Å². The Morgan fingerprint density at radius 3 is 2.86 bits per heavy atom. The monoisotopic (exact) mass is 442 g/mol. The Balaban J connectivity index is 1.78. The largest absolute Gasteiger partial charge is 0.376 e. The Morgan fingerprint density at radius 2 is 2.11 bits per heavy atom. The number of anilines is 1. The van der Waals surface area contributed by atoms with Gasteiger partial charge < -0.3 is 4.74 Å². The van der Waals surface area contributed by atoms with Gasteiger partial charge in [-0.3, -0.25) is 9.69 Å². The fourth-order valence-electron chi connectivity index (χ4n) is 3.11. The molecule has 2 heterocycles. The van der Waals surface area contributed by atoms with Crippen molar-refractivity contribution in [1.82, 2.24) is 4.98 Å². The van der Waals surface area contributed by atoms with E-state index in [-0.39, 0.29) is 33.9 Å². The summed E-state index contributed by atoms with van der Waals surface area (Å²) in [5, 5.41) is 0.850. The molecule has 0 N–H and O–H groups in total. The second-order valence-electron chi connectivity index (χ2n) is 6.41. The quantitative estimate of drug-likeness (QED) is 0.519. The Kier molecular flexibility index (Phi) is 5.51. The third-order valence-electron chi connectivity index (χ3n) is 4.45. The molecule has 0 aliphatic carbocycles. The SMILES string of the molecule is O=C(c1cc(Cl)ccc1Cl)N(CC1CCCO1)c1nc2c(F)cc(F)cc2s1. The highest BCUT2D eigenvalue weighted by Gasteiger charge is 2.28. The number of fused-ring (bicyclic) bond motifs is 1. The van der Waals surface area contributed by atoms with Crippen LogP contribution in [0.5, 0.6) is 0 Å². The minimum absolute atomic E-state index is 0.0173. The molecule has 1 saturated heterocycles. The minimum Gasteiger partial charge on any atom is -0.376 e. The smallest absolute Gasteiger partial charge is 0.261 e. The van der Waals surface area contributed by atoms with Crippen LogP contribution in [-0.2, 0) is 4.74 Å². The summed E-state index contributed by atoms with van der Waals surface area (Å²) in [7, 11) is 0. The lowest BCUT2D eigenvalue weighted by Gasteiger charge is -2.23. The molecule has 4 rings (SSSR count). The highest BCUT2D eigenvalue weighted by atomic mass is 35.5. The maximum Gasteiger partial charge on any atom is 0.261 e. The zero-order chi connectivity index (χ0) is 19.8. The molecule has 0 saturated carbocycles. The molecule has 1 aromatic heterocycles. The highest BCUT2D eigenvalue weighted by Crippen LogP contribution is 2.34. The molecule has 1 amide bonds. The van der Waals surface area contributed by atoms with Crippen molar-refractivity contribution in [1.29, 1.82) is 0 Å². The highest BCUT2D eigenvalue weighted by molar-refractivity contribution is 7.22. The van der Waals surface area contributed by atoms with Crippen LogP contribution in [0, 0.1) is 11.6 Å². The molecule has 1 aliphatic heterocycles. The van der Waals surface area contributed by atoms with Crippen molar-refractivity contribution in [2.75, 3.05) is 18.1 Å². The molecule has 0 spiro atoms. The predicted molar refractivity (Wildman–Crippen MR) is 107 cm³/mol. The third-order valence-corrected chi connectivity index (χ3v) is 6.04. The predicted octanol–water partition coefficient (Wildman–Crippen LogP) is 5.71. The molecule has 2 aromatic carbocycles. The number of hydrogen-bond donors (Lipinski definition) is 0. The number of aromatic nitrogens is 1. The van der Waals surface area contributed by atoms with E-state index < -0.39 is 17.5 Å². The lowest BCUT2D eigenvalue weighted by Crippen LogP contribution is -2.37. The van der Waals surface area contributed by atoms with Gasteiger partial charge in [0.05, 0.1) is 27.9 Å². The van der Waals surface area contributed by atoms with Crippen LogP contribution >= 0.6 is 34.5 Å². The van der Waals surface area contributed by atoms with Gasteiger partial charge in [0, 0.05) is 17.7 Å². The standard InChI is InChI=1S/C19H14Cl2F2N2O2S/c20-10-3-4-14(21)13(6-10)18(26)25(9-12-2-1-5-27-12)19-24-17-15(23)7-11(22)8-16(17)28-19/h3-4,6-8,12H,1-2,5,9H2. The summed E-state index contributed by atoms with van der Waals surface area (Å²) >= 11 is 13.3. The Labute approximate surface area is 173 Å². The van der Waals surface area contributed by atoms with E-state index in [0.29, 0.717) is 16.3 Å². The molecule has 3 aromatic rings. The zero-order valence-electron chi connectivity index (χ0n) is 14.4. The second kappa shape index (κ2) is 7.91. The van der Waals surface area contributed by atoms with Crippen molar-refractivity contribution < 1.29 is 18.3 Å². The number of amides is 1. The lowest BCUT2D eigenvalue weighted by atomic mass is 10.1. The first-order chi connectivity index (χ1) is 13.4. The summed E-state index contributed by atoms with van der Waals surface area (Å²) in [6, 6.07) is 6.56. The van der Waals surface area contributed by atoms with Crippen LogP contribution in [0.2, 0.25) is 10.0 Å². The number of hydrogen-bond acceptors (Lipinski definition) is 4. The number of halogens is 4. The molecule has 0 bridgehead atoms. The van der Waals surface area contributed by atoms with E-state index >= 15 is 0 Å². The van der Waals surface area contributed by atoms with Gasteiger partial charge >= 0.3 is 0 Å². The maximum absolute atomic E-state index is 14.1. The van der Waals surface area contributed by atoms with Crippen molar-refractivity contribution in [3.63, 3.8) is 0 Å². The van der Waals surface area contributed by atoms with Crippen LogP contribution in [0.1, 0.15) is 23.2 Å². The lowest BCUT2D eigenvalue weighted by molar-refractivity contribution is 0.0917. The summed E-state index contributed by atoms with van der Waals surface area (Å²) in [6.07, 6.45) is 1.51. The first-order valence-corrected chi connectivity index (χ1v) is 10.1. The van der Waals surface area contributed by atoms with Crippen LogP contribution in [0.25, 0.3) is 10.2 Å². The molecule has 28 heavy (non-hydrogen) atoms.